The van der Waals surface area contributed by atoms with Gasteiger partial charge in [0.05, 0.1) is 6.26 Å². The van der Waals surface area contributed by atoms with E-state index in [0.717, 1.165) is 12.2 Å². The van der Waals surface area contributed by atoms with Crippen LogP contribution in [0.5, 0.6) is 5.75 Å². The Kier molecular flexibility index (Phi) is 4.35. The summed E-state index contributed by atoms with van der Waals surface area (Å²) >= 11 is 0. The Bertz CT molecular complexity index is 795. The first-order valence-electron chi connectivity index (χ1n) is 7.38. The highest BCUT2D eigenvalue weighted by Crippen LogP contribution is 2.27. The molecule has 1 aliphatic carbocycles. The third-order valence-corrected chi connectivity index (χ3v) is 3.62. The largest absolute Gasteiger partial charge is 0.466 e. The van der Waals surface area contributed by atoms with Crippen molar-refractivity contribution in [3.63, 3.8) is 0 Å². The molecule has 0 fully saturated rings. The zero-order valence-corrected chi connectivity index (χ0v) is 12.4. The molecule has 0 saturated heterocycles. The van der Waals surface area contributed by atoms with E-state index in [2.05, 4.69) is 55.1 Å². The Hall–Kier alpha value is -2.80. The van der Waals surface area contributed by atoms with Gasteiger partial charge >= 0.3 is 0 Å². The fourth-order valence-electron chi connectivity index (χ4n) is 2.67. The van der Waals surface area contributed by atoms with Gasteiger partial charge in [-0.3, -0.25) is 0 Å². The van der Waals surface area contributed by atoms with Crippen molar-refractivity contribution < 1.29 is 4.74 Å². The molecule has 0 N–H and O–H groups in total. The first-order chi connectivity index (χ1) is 10.9. The smallest absolute Gasteiger partial charge is 0.126 e. The number of allylic oxidation sites excluding steroid dienone is 1. The van der Waals surface area contributed by atoms with Crippen LogP contribution >= 0.6 is 0 Å². The van der Waals surface area contributed by atoms with Crippen molar-refractivity contribution >= 4 is 16.8 Å². The van der Waals surface area contributed by atoms with E-state index < -0.39 is 0 Å². The molecule has 1 nitrogen and oxygen atoms in total. The Morgan fingerprint density at radius 3 is 2.41 bits per heavy atom. The second-order valence-corrected chi connectivity index (χ2v) is 5.07. The molecule has 1 heteroatoms. The van der Waals surface area contributed by atoms with Gasteiger partial charge in [-0.15, -0.1) is 0 Å². The fraction of sp³-hybridized carbons (Fsp3) is 0.0476. The molecule has 0 bridgehead atoms. The summed E-state index contributed by atoms with van der Waals surface area (Å²) < 4.78 is 4.97. The van der Waals surface area contributed by atoms with Gasteiger partial charge in [0.15, 0.2) is 0 Å². The van der Waals surface area contributed by atoms with Crippen molar-refractivity contribution in [3.05, 3.63) is 96.8 Å². The molecule has 0 unspecified atom stereocenters. The summed E-state index contributed by atoms with van der Waals surface area (Å²) in [5.74, 6) is 0.826. The van der Waals surface area contributed by atoms with Crippen LogP contribution in [0.15, 0.2) is 85.6 Å². The molecule has 3 aromatic rings. The van der Waals surface area contributed by atoms with Crippen molar-refractivity contribution in [2.24, 2.45) is 0 Å². The van der Waals surface area contributed by atoms with Gasteiger partial charge in [0, 0.05) is 0 Å². The van der Waals surface area contributed by atoms with E-state index in [1.165, 1.54) is 28.2 Å². The molecular weight excluding hydrogens is 268 g/mol. The van der Waals surface area contributed by atoms with E-state index in [-0.39, 0.29) is 0 Å². The minimum atomic E-state index is 0.826. The lowest BCUT2D eigenvalue weighted by Gasteiger charge is -2.11. The van der Waals surface area contributed by atoms with E-state index in [9.17, 15) is 0 Å². The summed E-state index contributed by atoms with van der Waals surface area (Å²) in [6, 6.07) is 22.6. The maximum absolute atomic E-state index is 4.97. The van der Waals surface area contributed by atoms with Crippen LogP contribution in [0.2, 0.25) is 0 Å². The highest BCUT2D eigenvalue weighted by atomic mass is 16.5. The van der Waals surface area contributed by atoms with Crippen LogP contribution in [0.25, 0.3) is 16.8 Å². The zero-order valence-electron chi connectivity index (χ0n) is 12.4. The summed E-state index contributed by atoms with van der Waals surface area (Å²) in [6.45, 7) is 3.43. The average Bonchev–Trinajstić information content (AvgIpc) is 2.58. The van der Waals surface area contributed by atoms with Crippen LogP contribution in [0.1, 0.15) is 11.1 Å². The van der Waals surface area contributed by atoms with E-state index in [4.69, 9.17) is 4.74 Å². The molecule has 22 heavy (non-hydrogen) atoms. The summed E-state index contributed by atoms with van der Waals surface area (Å²) in [4.78, 5) is 0. The Morgan fingerprint density at radius 2 is 1.64 bits per heavy atom. The molecule has 0 atom stereocenters. The van der Waals surface area contributed by atoms with E-state index in [1.54, 1.807) is 0 Å². The van der Waals surface area contributed by atoms with E-state index >= 15 is 0 Å². The average molecular weight is 286 g/mol. The number of rotatable bonds is 2. The van der Waals surface area contributed by atoms with Crippen molar-refractivity contribution in [2.75, 3.05) is 0 Å². The molecule has 0 heterocycles. The molecule has 0 amide bonds. The van der Waals surface area contributed by atoms with E-state index in [1.807, 2.05) is 30.3 Å². The molecule has 108 valence electrons. The second kappa shape index (κ2) is 6.77. The van der Waals surface area contributed by atoms with Gasteiger partial charge in [0.1, 0.15) is 5.75 Å². The first kappa shape index (κ1) is 14.2. The van der Waals surface area contributed by atoms with Crippen LogP contribution in [-0.2, 0) is 6.42 Å². The van der Waals surface area contributed by atoms with Crippen molar-refractivity contribution in [1.82, 2.24) is 0 Å². The SMILES string of the molecule is C1=Cc2cccc3cccc(c23)C1.C=COc1ccccc1. The molecule has 3 aromatic carbocycles. The van der Waals surface area contributed by atoms with Gasteiger partial charge in [0.25, 0.3) is 0 Å². The fourth-order valence-corrected chi connectivity index (χ4v) is 2.67. The monoisotopic (exact) mass is 286 g/mol. The summed E-state index contributed by atoms with van der Waals surface area (Å²) in [6.07, 6.45) is 6.94. The molecule has 0 aromatic heterocycles. The highest BCUT2D eigenvalue weighted by Gasteiger charge is 2.06. The van der Waals surface area contributed by atoms with Gasteiger partial charge in [-0.2, -0.15) is 0 Å². The molecule has 0 spiro atoms. The third-order valence-electron chi connectivity index (χ3n) is 3.62. The molecular formula is C21H18O. The number of para-hydroxylation sites is 1. The second-order valence-electron chi connectivity index (χ2n) is 5.07. The van der Waals surface area contributed by atoms with Crippen LogP contribution < -0.4 is 4.74 Å². The van der Waals surface area contributed by atoms with Gasteiger partial charge in [-0.05, 0) is 40.5 Å². The lowest BCUT2D eigenvalue weighted by Crippen LogP contribution is -1.91. The maximum Gasteiger partial charge on any atom is 0.126 e. The van der Waals surface area contributed by atoms with Crippen LogP contribution in [0.3, 0.4) is 0 Å². The van der Waals surface area contributed by atoms with Crippen LogP contribution in [-0.4, -0.2) is 0 Å². The Balaban J connectivity index is 0.000000142. The third kappa shape index (κ3) is 3.09. The molecule has 1 aliphatic rings. The standard InChI is InChI=1S/C13H10.C8H8O/c1-4-10-6-2-8-12-9-3-7-11(5-1)13(10)12;1-2-9-8-6-4-3-5-7-8/h1-8H,9H2;2-7H,1H2. The van der Waals surface area contributed by atoms with Gasteiger partial charge in [-0.25, -0.2) is 0 Å². The minimum Gasteiger partial charge on any atom is -0.466 e. The van der Waals surface area contributed by atoms with Crippen LogP contribution in [0.4, 0.5) is 0 Å². The number of benzene rings is 3. The summed E-state index contributed by atoms with van der Waals surface area (Å²) in [5, 5.41) is 2.80. The Labute approximate surface area is 131 Å². The van der Waals surface area contributed by atoms with Gasteiger partial charge in [-0.1, -0.05) is 73.3 Å². The summed E-state index contributed by atoms with van der Waals surface area (Å²) in [7, 11) is 0. The molecule has 4 rings (SSSR count). The normalized spacial score (nSPS) is 11.5. The summed E-state index contributed by atoms with van der Waals surface area (Å²) in [5.41, 5.74) is 2.81. The number of hydrogen-bond acceptors (Lipinski definition) is 1. The van der Waals surface area contributed by atoms with Crippen molar-refractivity contribution in [2.45, 2.75) is 6.42 Å². The number of ether oxygens (including phenoxy) is 1. The van der Waals surface area contributed by atoms with Gasteiger partial charge in [0.2, 0.25) is 0 Å². The first-order valence-corrected chi connectivity index (χ1v) is 7.38. The lowest BCUT2D eigenvalue weighted by atomic mass is 9.93. The van der Waals surface area contributed by atoms with E-state index in [0.29, 0.717) is 0 Å². The number of hydrogen-bond donors (Lipinski definition) is 0. The predicted octanol–water partition coefficient (Wildman–Crippen LogP) is 5.62. The predicted molar refractivity (Wildman–Crippen MR) is 94.0 cm³/mol. The zero-order chi connectivity index (χ0) is 15.2. The Morgan fingerprint density at radius 1 is 0.864 bits per heavy atom. The van der Waals surface area contributed by atoms with Gasteiger partial charge < -0.3 is 4.74 Å². The maximum atomic E-state index is 4.97. The highest BCUT2D eigenvalue weighted by molar-refractivity contribution is 5.94. The lowest BCUT2D eigenvalue weighted by molar-refractivity contribution is 0.483. The molecule has 0 aliphatic heterocycles. The minimum absolute atomic E-state index is 0.826. The topological polar surface area (TPSA) is 9.23 Å². The quantitative estimate of drug-likeness (QED) is 0.556. The molecule has 0 radical (unpaired) electrons. The molecule has 0 saturated carbocycles. The van der Waals surface area contributed by atoms with Crippen LogP contribution in [0, 0.1) is 0 Å². The van der Waals surface area contributed by atoms with Crippen molar-refractivity contribution in [1.29, 1.82) is 0 Å². The van der Waals surface area contributed by atoms with Crippen molar-refractivity contribution in [3.8, 4) is 5.75 Å².